The van der Waals surface area contributed by atoms with E-state index in [9.17, 15) is 4.79 Å². The molecule has 2 rings (SSSR count). The lowest BCUT2D eigenvalue weighted by Gasteiger charge is -2.33. The smallest absolute Gasteiger partial charge is 0.328 e. The molecule has 0 bridgehead atoms. The van der Waals surface area contributed by atoms with Gasteiger partial charge in [0, 0.05) is 6.54 Å². The van der Waals surface area contributed by atoms with Crippen LogP contribution in [0.3, 0.4) is 0 Å². The zero-order valence-electron chi connectivity index (χ0n) is 9.88. The average molecular weight is 237 g/mol. The summed E-state index contributed by atoms with van der Waals surface area (Å²) in [5, 5.41) is 9.12. The van der Waals surface area contributed by atoms with Crippen LogP contribution < -0.4 is 4.90 Å². The summed E-state index contributed by atoms with van der Waals surface area (Å²) in [4.78, 5) is 21.4. The van der Waals surface area contributed by atoms with Gasteiger partial charge in [-0.25, -0.2) is 9.78 Å². The van der Waals surface area contributed by atoms with E-state index in [1.165, 1.54) is 0 Å². The number of aliphatic carboxylic acids is 1. The van der Waals surface area contributed by atoms with E-state index in [1.54, 1.807) is 11.1 Å². The number of anilines is 1. The lowest BCUT2D eigenvalue weighted by molar-refractivity contribution is -0.141. The van der Waals surface area contributed by atoms with Gasteiger partial charge in [0.05, 0.1) is 30.8 Å². The highest BCUT2D eigenvalue weighted by atomic mass is 16.5. The van der Waals surface area contributed by atoms with Crippen molar-refractivity contribution in [2.45, 2.75) is 19.9 Å². The number of carboxylic acids is 1. The Morgan fingerprint density at radius 2 is 2.29 bits per heavy atom. The van der Waals surface area contributed by atoms with E-state index in [0.717, 1.165) is 11.4 Å². The van der Waals surface area contributed by atoms with Crippen LogP contribution in [0.1, 0.15) is 11.4 Å². The summed E-state index contributed by atoms with van der Waals surface area (Å²) in [5.41, 5.74) is 1.67. The topological polar surface area (TPSA) is 75.6 Å². The molecule has 0 aliphatic carbocycles. The summed E-state index contributed by atoms with van der Waals surface area (Å²) >= 11 is 0. The van der Waals surface area contributed by atoms with Crippen LogP contribution in [0.25, 0.3) is 0 Å². The van der Waals surface area contributed by atoms with Crippen molar-refractivity contribution < 1.29 is 14.6 Å². The third kappa shape index (κ3) is 2.36. The third-order valence-electron chi connectivity index (χ3n) is 2.89. The van der Waals surface area contributed by atoms with Gasteiger partial charge in [-0.2, -0.15) is 0 Å². The van der Waals surface area contributed by atoms with E-state index in [-0.39, 0.29) is 6.61 Å². The first-order valence-corrected chi connectivity index (χ1v) is 5.47. The Bertz CT molecular complexity index is 436. The summed E-state index contributed by atoms with van der Waals surface area (Å²) in [7, 11) is 0. The van der Waals surface area contributed by atoms with Gasteiger partial charge < -0.3 is 14.7 Å². The highest BCUT2D eigenvalue weighted by Gasteiger charge is 2.30. The SMILES string of the molecule is Cc1ncc(N2CCOCC2C(=O)O)nc1C. The van der Waals surface area contributed by atoms with Crippen LogP contribution in [-0.2, 0) is 9.53 Å². The molecule has 1 saturated heterocycles. The molecule has 2 heterocycles. The van der Waals surface area contributed by atoms with Gasteiger partial charge in [-0.05, 0) is 13.8 Å². The van der Waals surface area contributed by atoms with Crippen molar-refractivity contribution in [3.05, 3.63) is 17.6 Å². The number of hydrogen-bond donors (Lipinski definition) is 1. The number of rotatable bonds is 2. The number of nitrogens with zero attached hydrogens (tertiary/aromatic N) is 3. The summed E-state index contributed by atoms with van der Waals surface area (Å²) in [5.74, 6) is -0.298. The minimum absolute atomic E-state index is 0.184. The second-order valence-corrected chi connectivity index (χ2v) is 4.02. The molecule has 0 aromatic carbocycles. The fraction of sp³-hybridized carbons (Fsp3) is 0.545. The molecular weight excluding hydrogens is 222 g/mol. The summed E-state index contributed by atoms with van der Waals surface area (Å²) < 4.78 is 5.18. The first-order valence-electron chi connectivity index (χ1n) is 5.47. The molecule has 1 aromatic heterocycles. The molecule has 0 saturated carbocycles. The second-order valence-electron chi connectivity index (χ2n) is 4.02. The Balaban J connectivity index is 2.29. The first-order chi connectivity index (χ1) is 8.09. The standard InChI is InChI=1S/C11H15N3O3/c1-7-8(2)13-10(5-12-7)14-3-4-17-6-9(14)11(15)16/h5,9H,3-4,6H2,1-2H3,(H,15,16). The van der Waals surface area contributed by atoms with Crippen LogP contribution in [-0.4, -0.2) is 46.8 Å². The fourth-order valence-corrected chi connectivity index (χ4v) is 1.75. The van der Waals surface area contributed by atoms with E-state index >= 15 is 0 Å². The quantitative estimate of drug-likeness (QED) is 0.801. The predicted octanol–water partition coefficient (Wildman–Crippen LogP) is 0.383. The number of ether oxygens (including phenoxy) is 1. The highest BCUT2D eigenvalue weighted by Crippen LogP contribution is 2.17. The first kappa shape index (κ1) is 11.8. The van der Waals surface area contributed by atoms with Crippen molar-refractivity contribution in [1.29, 1.82) is 0 Å². The van der Waals surface area contributed by atoms with E-state index < -0.39 is 12.0 Å². The Labute approximate surface area is 99.2 Å². The maximum atomic E-state index is 11.1. The molecule has 1 aromatic rings. The minimum Gasteiger partial charge on any atom is -0.480 e. The van der Waals surface area contributed by atoms with Gasteiger partial charge in [-0.15, -0.1) is 0 Å². The van der Waals surface area contributed by atoms with E-state index in [4.69, 9.17) is 9.84 Å². The molecule has 17 heavy (non-hydrogen) atoms. The molecule has 1 aliphatic heterocycles. The molecule has 6 heteroatoms. The minimum atomic E-state index is -0.898. The van der Waals surface area contributed by atoms with E-state index in [2.05, 4.69) is 9.97 Å². The highest BCUT2D eigenvalue weighted by molar-refractivity contribution is 5.78. The molecule has 1 N–H and O–H groups in total. The molecule has 1 aliphatic rings. The molecule has 1 fully saturated rings. The van der Waals surface area contributed by atoms with Crippen molar-refractivity contribution >= 4 is 11.8 Å². The Kier molecular flexibility index (Phi) is 3.23. The Morgan fingerprint density at radius 1 is 1.53 bits per heavy atom. The summed E-state index contributed by atoms with van der Waals surface area (Å²) in [6.45, 7) is 4.96. The molecule has 0 spiro atoms. The number of aryl methyl sites for hydroxylation is 2. The van der Waals surface area contributed by atoms with Crippen LogP contribution in [0.15, 0.2) is 6.20 Å². The summed E-state index contributed by atoms with van der Waals surface area (Å²) in [6, 6.07) is -0.680. The van der Waals surface area contributed by atoms with Gasteiger partial charge in [-0.1, -0.05) is 0 Å². The van der Waals surface area contributed by atoms with Gasteiger partial charge in [0.1, 0.15) is 5.82 Å². The largest absolute Gasteiger partial charge is 0.480 e. The van der Waals surface area contributed by atoms with E-state index in [1.807, 2.05) is 13.8 Å². The van der Waals surface area contributed by atoms with Crippen LogP contribution in [0, 0.1) is 13.8 Å². The molecule has 0 radical (unpaired) electrons. The van der Waals surface area contributed by atoms with Crippen molar-refractivity contribution in [3.63, 3.8) is 0 Å². The van der Waals surface area contributed by atoms with Gasteiger partial charge >= 0.3 is 5.97 Å². The van der Waals surface area contributed by atoms with Crippen LogP contribution in [0.4, 0.5) is 5.82 Å². The van der Waals surface area contributed by atoms with E-state index in [0.29, 0.717) is 19.0 Å². The van der Waals surface area contributed by atoms with Gasteiger partial charge in [0.2, 0.25) is 0 Å². The van der Waals surface area contributed by atoms with Crippen LogP contribution in [0.2, 0.25) is 0 Å². The number of morpholine rings is 1. The maximum Gasteiger partial charge on any atom is 0.328 e. The molecular formula is C11H15N3O3. The van der Waals surface area contributed by atoms with Crippen molar-refractivity contribution in [3.8, 4) is 0 Å². The Morgan fingerprint density at radius 3 is 2.94 bits per heavy atom. The zero-order valence-corrected chi connectivity index (χ0v) is 9.88. The predicted molar refractivity (Wildman–Crippen MR) is 61.1 cm³/mol. The second kappa shape index (κ2) is 4.67. The van der Waals surface area contributed by atoms with Gasteiger partial charge in [0.15, 0.2) is 6.04 Å². The fourth-order valence-electron chi connectivity index (χ4n) is 1.75. The zero-order chi connectivity index (χ0) is 12.4. The maximum absolute atomic E-state index is 11.1. The molecule has 0 amide bonds. The third-order valence-corrected chi connectivity index (χ3v) is 2.89. The number of carbonyl (C=O) groups is 1. The molecule has 92 valence electrons. The summed E-state index contributed by atoms with van der Waals surface area (Å²) in [6.07, 6.45) is 1.61. The number of hydrogen-bond acceptors (Lipinski definition) is 5. The van der Waals surface area contributed by atoms with Gasteiger partial charge in [-0.3, -0.25) is 4.98 Å². The molecule has 1 atom stereocenters. The van der Waals surface area contributed by atoms with Gasteiger partial charge in [0.25, 0.3) is 0 Å². The normalized spacial score (nSPS) is 20.4. The molecule has 6 nitrogen and oxygen atoms in total. The Hall–Kier alpha value is -1.69. The average Bonchev–Trinajstić information content (AvgIpc) is 2.32. The van der Waals surface area contributed by atoms with Crippen molar-refractivity contribution in [1.82, 2.24) is 9.97 Å². The monoisotopic (exact) mass is 237 g/mol. The number of aromatic nitrogens is 2. The van der Waals surface area contributed by atoms with Crippen LogP contribution in [0.5, 0.6) is 0 Å². The lowest BCUT2D eigenvalue weighted by Crippen LogP contribution is -2.50. The van der Waals surface area contributed by atoms with Crippen LogP contribution >= 0.6 is 0 Å². The number of carboxylic acid groups (broad SMARTS) is 1. The van der Waals surface area contributed by atoms with Crippen molar-refractivity contribution in [2.24, 2.45) is 0 Å². The molecule has 1 unspecified atom stereocenters. The van der Waals surface area contributed by atoms with Crippen molar-refractivity contribution in [2.75, 3.05) is 24.7 Å². The lowest BCUT2D eigenvalue weighted by atomic mass is 10.2.